The third kappa shape index (κ3) is 0.975. The minimum atomic E-state index is 0.598. The Hall–Kier alpha value is -0.0200. The normalized spacial score (nSPS) is 30.9. The first-order valence-corrected chi connectivity index (χ1v) is 6.09. The molecule has 0 fully saturated rings. The summed E-state index contributed by atoms with van der Waals surface area (Å²) in [4.78, 5) is 3.21. The number of rotatable bonds is 0. The third-order valence-electron chi connectivity index (χ3n) is 3.15. The van der Waals surface area contributed by atoms with Gasteiger partial charge in [-0.25, -0.2) is 0 Å². The molecule has 3 aliphatic carbocycles. The molecule has 0 saturated heterocycles. The zero-order chi connectivity index (χ0) is 9.00. The molecule has 0 amide bonds. The molecule has 4 rings (SSSR count). The van der Waals surface area contributed by atoms with Gasteiger partial charge in [-0.2, -0.15) is 0 Å². The molecule has 1 N–H and O–H groups in total. The van der Waals surface area contributed by atoms with Crippen molar-refractivity contribution in [1.29, 1.82) is 0 Å². The van der Waals surface area contributed by atoms with E-state index in [-0.39, 0.29) is 0 Å². The van der Waals surface area contributed by atoms with Crippen molar-refractivity contribution in [3.05, 3.63) is 32.5 Å². The standard InChI is InChI=1S/C10H9Br2N/c11-9-5-1-2-6(10(9)12)8-4-13-3-7(5)8/h3-6,13H,1-2H2. The Morgan fingerprint density at radius 1 is 1.00 bits per heavy atom. The molecule has 1 nitrogen and oxygen atoms in total. The summed E-state index contributed by atoms with van der Waals surface area (Å²) in [6.45, 7) is 0. The first kappa shape index (κ1) is 8.30. The summed E-state index contributed by atoms with van der Waals surface area (Å²) >= 11 is 7.37. The third-order valence-corrected chi connectivity index (χ3v) is 5.64. The summed E-state index contributed by atoms with van der Waals surface area (Å²) in [7, 11) is 0. The van der Waals surface area contributed by atoms with Crippen LogP contribution in [-0.4, -0.2) is 4.98 Å². The van der Waals surface area contributed by atoms with Crippen LogP contribution in [0.1, 0.15) is 35.8 Å². The smallest absolute Gasteiger partial charge is 0.0182 e. The van der Waals surface area contributed by atoms with Crippen LogP contribution >= 0.6 is 31.9 Å². The van der Waals surface area contributed by atoms with Crippen molar-refractivity contribution in [2.75, 3.05) is 0 Å². The fourth-order valence-corrected chi connectivity index (χ4v) is 4.00. The molecule has 0 saturated carbocycles. The van der Waals surface area contributed by atoms with Gasteiger partial charge in [0.15, 0.2) is 0 Å². The molecule has 3 aliphatic rings. The van der Waals surface area contributed by atoms with Crippen LogP contribution in [0, 0.1) is 0 Å². The van der Waals surface area contributed by atoms with E-state index in [1.807, 2.05) is 0 Å². The lowest BCUT2D eigenvalue weighted by Crippen LogP contribution is -2.20. The number of hydrogen-bond acceptors (Lipinski definition) is 0. The van der Waals surface area contributed by atoms with E-state index in [1.165, 1.54) is 32.9 Å². The van der Waals surface area contributed by atoms with Crippen LogP contribution in [0.2, 0.25) is 0 Å². The van der Waals surface area contributed by atoms with Gasteiger partial charge >= 0.3 is 0 Å². The molecule has 1 heterocycles. The molecule has 0 aromatic carbocycles. The highest BCUT2D eigenvalue weighted by molar-refractivity contribution is 9.14. The van der Waals surface area contributed by atoms with Crippen LogP contribution in [-0.2, 0) is 0 Å². The lowest BCUT2D eigenvalue weighted by atomic mass is 9.73. The molecular formula is C10H9Br2N. The molecule has 68 valence electrons. The van der Waals surface area contributed by atoms with Gasteiger partial charge in [-0.05, 0) is 24.0 Å². The molecule has 2 bridgehead atoms. The molecule has 0 radical (unpaired) electrons. The lowest BCUT2D eigenvalue weighted by Gasteiger charge is -2.36. The van der Waals surface area contributed by atoms with E-state index >= 15 is 0 Å². The predicted molar refractivity (Wildman–Crippen MR) is 60.4 cm³/mol. The molecule has 2 atom stereocenters. The van der Waals surface area contributed by atoms with Crippen molar-refractivity contribution < 1.29 is 0 Å². The zero-order valence-corrected chi connectivity index (χ0v) is 10.2. The topological polar surface area (TPSA) is 15.8 Å². The van der Waals surface area contributed by atoms with Gasteiger partial charge in [-0.3, -0.25) is 0 Å². The number of fused-ring (bicyclic) bond motifs is 1. The Labute approximate surface area is 93.9 Å². The Balaban J connectivity index is 2.25. The number of nitrogens with one attached hydrogen (secondary N) is 1. The molecule has 0 spiro atoms. The second kappa shape index (κ2) is 2.74. The first-order valence-electron chi connectivity index (χ1n) is 4.50. The maximum absolute atomic E-state index is 3.68. The van der Waals surface area contributed by atoms with Gasteiger partial charge in [0.05, 0.1) is 0 Å². The van der Waals surface area contributed by atoms with Crippen molar-refractivity contribution in [3.8, 4) is 0 Å². The Morgan fingerprint density at radius 3 is 1.92 bits per heavy atom. The van der Waals surface area contributed by atoms with E-state index in [0.29, 0.717) is 11.8 Å². The Kier molecular flexibility index (Phi) is 1.75. The van der Waals surface area contributed by atoms with Crippen LogP contribution in [0.4, 0.5) is 0 Å². The number of hydrogen-bond donors (Lipinski definition) is 1. The molecule has 13 heavy (non-hydrogen) atoms. The van der Waals surface area contributed by atoms with E-state index < -0.39 is 0 Å². The highest BCUT2D eigenvalue weighted by Gasteiger charge is 2.37. The van der Waals surface area contributed by atoms with E-state index in [2.05, 4.69) is 49.2 Å². The number of H-pyrrole nitrogens is 1. The zero-order valence-electron chi connectivity index (χ0n) is 6.98. The van der Waals surface area contributed by atoms with E-state index in [4.69, 9.17) is 0 Å². The minimum Gasteiger partial charge on any atom is -0.367 e. The number of aromatic nitrogens is 1. The van der Waals surface area contributed by atoms with Gasteiger partial charge < -0.3 is 4.98 Å². The van der Waals surface area contributed by atoms with Crippen LogP contribution in [0.15, 0.2) is 21.4 Å². The molecular weight excluding hydrogens is 294 g/mol. The second-order valence-electron chi connectivity index (χ2n) is 3.74. The maximum atomic E-state index is 3.68. The van der Waals surface area contributed by atoms with Crippen LogP contribution in [0.5, 0.6) is 0 Å². The summed E-state index contributed by atoms with van der Waals surface area (Å²) in [6.07, 6.45) is 6.86. The van der Waals surface area contributed by atoms with Gasteiger partial charge in [-0.1, -0.05) is 31.9 Å². The predicted octanol–water partition coefficient (Wildman–Crippen LogP) is 3.99. The summed E-state index contributed by atoms with van der Waals surface area (Å²) in [5.74, 6) is 1.20. The Morgan fingerprint density at radius 2 is 1.46 bits per heavy atom. The van der Waals surface area contributed by atoms with Crippen LogP contribution in [0.25, 0.3) is 0 Å². The van der Waals surface area contributed by atoms with Crippen molar-refractivity contribution in [2.24, 2.45) is 0 Å². The van der Waals surface area contributed by atoms with E-state index in [1.54, 1.807) is 0 Å². The molecule has 3 heteroatoms. The van der Waals surface area contributed by atoms with Crippen molar-refractivity contribution in [3.63, 3.8) is 0 Å². The quantitative estimate of drug-likeness (QED) is 0.746. The average molecular weight is 303 g/mol. The fraction of sp³-hybridized carbons (Fsp3) is 0.400. The molecule has 0 aliphatic heterocycles. The van der Waals surface area contributed by atoms with Crippen molar-refractivity contribution in [1.82, 2.24) is 4.98 Å². The SMILES string of the molecule is BrC1=C(Br)C2CCC1c1c[nH]cc12. The maximum Gasteiger partial charge on any atom is 0.0182 e. The van der Waals surface area contributed by atoms with E-state index in [0.717, 1.165) is 0 Å². The highest BCUT2D eigenvalue weighted by atomic mass is 79.9. The largest absolute Gasteiger partial charge is 0.367 e. The minimum absolute atomic E-state index is 0.598. The first-order chi connectivity index (χ1) is 6.29. The van der Waals surface area contributed by atoms with Crippen molar-refractivity contribution >= 4 is 31.9 Å². The van der Waals surface area contributed by atoms with Gasteiger partial charge in [0.25, 0.3) is 0 Å². The average Bonchev–Trinajstić information content (AvgIpc) is 2.61. The molecule has 2 unspecified atom stereocenters. The summed E-state index contributed by atoms with van der Waals surface area (Å²) in [6, 6.07) is 0. The number of aromatic amines is 1. The summed E-state index contributed by atoms with van der Waals surface area (Å²) in [5.41, 5.74) is 2.98. The summed E-state index contributed by atoms with van der Waals surface area (Å²) in [5, 5.41) is 0. The monoisotopic (exact) mass is 301 g/mol. The fourth-order valence-electron chi connectivity index (χ4n) is 2.50. The molecule has 1 aromatic rings. The molecule has 1 aromatic heterocycles. The Bertz CT molecular complexity index is 357. The van der Waals surface area contributed by atoms with Crippen LogP contribution < -0.4 is 0 Å². The van der Waals surface area contributed by atoms with Crippen molar-refractivity contribution in [2.45, 2.75) is 24.7 Å². The van der Waals surface area contributed by atoms with Gasteiger partial charge in [0.1, 0.15) is 0 Å². The van der Waals surface area contributed by atoms with Gasteiger partial charge in [-0.15, -0.1) is 0 Å². The summed E-state index contributed by atoms with van der Waals surface area (Å²) < 4.78 is 2.71. The lowest BCUT2D eigenvalue weighted by molar-refractivity contribution is 0.547. The highest BCUT2D eigenvalue weighted by Crippen LogP contribution is 2.55. The number of allylic oxidation sites excluding steroid dienone is 2. The van der Waals surface area contributed by atoms with Gasteiger partial charge in [0.2, 0.25) is 0 Å². The number of halogens is 2. The van der Waals surface area contributed by atoms with E-state index in [9.17, 15) is 0 Å². The van der Waals surface area contributed by atoms with Gasteiger partial charge in [0, 0.05) is 33.2 Å². The van der Waals surface area contributed by atoms with Crippen LogP contribution in [0.3, 0.4) is 0 Å². The second-order valence-corrected chi connectivity index (χ2v) is 5.45.